The van der Waals surface area contributed by atoms with E-state index in [4.69, 9.17) is 21.1 Å². The second-order valence-electron chi connectivity index (χ2n) is 2.76. The van der Waals surface area contributed by atoms with Crippen LogP contribution >= 0.6 is 11.6 Å². The van der Waals surface area contributed by atoms with Gasteiger partial charge in [-0.05, 0) is 13.3 Å². The van der Waals surface area contributed by atoms with E-state index in [9.17, 15) is 4.79 Å². The summed E-state index contributed by atoms with van der Waals surface area (Å²) in [5.74, 6) is -0.454. The zero-order valence-electron chi connectivity index (χ0n) is 7.30. The Bertz CT molecular complexity index is 183. The van der Waals surface area contributed by atoms with Gasteiger partial charge in [-0.2, -0.15) is 0 Å². The summed E-state index contributed by atoms with van der Waals surface area (Å²) in [7, 11) is 0. The maximum Gasteiger partial charge on any atom is 0.357 e. The molecule has 1 saturated heterocycles. The van der Waals surface area contributed by atoms with Gasteiger partial charge in [-0.3, -0.25) is 0 Å². The lowest BCUT2D eigenvalue weighted by Gasteiger charge is -2.02. The Morgan fingerprint density at radius 1 is 1.67 bits per heavy atom. The van der Waals surface area contributed by atoms with Crippen molar-refractivity contribution >= 4 is 17.6 Å². The van der Waals surface area contributed by atoms with Gasteiger partial charge < -0.3 is 9.47 Å². The molecule has 1 heterocycles. The Kier molecular flexibility index (Phi) is 2.96. The summed E-state index contributed by atoms with van der Waals surface area (Å²) in [5, 5.41) is -1.16. The maximum absolute atomic E-state index is 11.1. The monoisotopic (exact) mass is 192 g/mol. The van der Waals surface area contributed by atoms with E-state index in [-0.39, 0.29) is 6.10 Å². The third-order valence-corrected chi connectivity index (χ3v) is 2.26. The highest BCUT2D eigenvalue weighted by Crippen LogP contribution is 2.44. The molecule has 0 aliphatic carbocycles. The lowest BCUT2D eigenvalue weighted by molar-refractivity contribution is -0.146. The van der Waals surface area contributed by atoms with Crippen LogP contribution in [0.25, 0.3) is 0 Å². The molecule has 0 N–H and O–H groups in total. The number of hydrogen-bond donors (Lipinski definition) is 0. The smallest absolute Gasteiger partial charge is 0.357 e. The number of carbonyl (C=O) groups excluding carboxylic acids is 1. The van der Waals surface area contributed by atoms with Crippen LogP contribution in [0.5, 0.6) is 0 Å². The molecule has 0 saturated carbocycles. The molecule has 3 nitrogen and oxygen atoms in total. The van der Waals surface area contributed by atoms with E-state index >= 15 is 0 Å². The van der Waals surface area contributed by atoms with E-state index in [2.05, 4.69) is 0 Å². The molecule has 4 heteroatoms. The fourth-order valence-corrected chi connectivity index (χ4v) is 1.36. The standard InChI is InChI=1S/C8H13ClO3/c1-3-5-6-8(9,12-6)7(10)11-4-2/h6H,3-5H2,1-2H3. The summed E-state index contributed by atoms with van der Waals surface area (Å²) in [4.78, 5) is 11.1. The molecule has 0 aromatic heterocycles. The minimum atomic E-state index is -1.16. The highest BCUT2D eigenvalue weighted by Gasteiger charge is 2.62. The Morgan fingerprint density at radius 2 is 2.33 bits per heavy atom. The van der Waals surface area contributed by atoms with Crippen molar-refractivity contribution in [1.82, 2.24) is 0 Å². The third-order valence-electron chi connectivity index (χ3n) is 1.78. The van der Waals surface area contributed by atoms with Crippen LogP contribution in [0.2, 0.25) is 0 Å². The van der Waals surface area contributed by atoms with Crippen molar-refractivity contribution in [2.45, 2.75) is 37.9 Å². The summed E-state index contributed by atoms with van der Waals surface area (Å²) >= 11 is 5.82. The average molecular weight is 193 g/mol. The number of epoxide rings is 1. The molecule has 0 bridgehead atoms. The molecule has 0 aromatic carbocycles. The van der Waals surface area contributed by atoms with Crippen LogP contribution < -0.4 is 0 Å². The number of ether oxygens (including phenoxy) is 2. The predicted octanol–water partition coefficient (Wildman–Crippen LogP) is 1.68. The number of rotatable bonds is 4. The summed E-state index contributed by atoms with van der Waals surface area (Å²) in [6.45, 7) is 4.11. The van der Waals surface area contributed by atoms with Gasteiger partial charge in [-0.25, -0.2) is 4.79 Å². The van der Waals surface area contributed by atoms with Gasteiger partial charge in [0.1, 0.15) is 6.10 Å². The van der Waals surface area contributed by atoms with Crippen LogP contribution in [-0.4, -0.2) is 23.7 Å². The molecule has 1 fully saturated rings. The lowest BCUT2D eigenvalue weighted by atomic mass is 10.2. The van der Waals surface area contributed by atoms with Gasteiger partial charge in [0.15, 0.2) is 0 Å². The number of carbonyl (C=O) groups is 1. The first-order valence-corrected chi connectivity index (χ1v) is 4.56. The molecule has 70 valence electrons. The van der Waals surface area contributed by atoms with Crippen molar-refractivity contribution in [3.05, 3.63) is 0 Å². The Balaban J connectivity index is 2.38. The normalized spacial score (nSPS) is 33.1. The second-order valence-corrected chi connectivity index (χ2v) is 3.32. The van der Waals surface area contributed by atoms with Crippen LogP contribution in [-0.2, 0) is 14.3 Å². The van der Waals surface area contributed by atoms with Crippen molar-refractivity contribution in [1.29, 1.82) is 0 Å². The molecule has 2 unspecified atom stereocenters. The fraction of sp³-hybridized carbons (Fsp3) is 0.875. The fourth-order valence-electron chi connectivity index (χ4n) is 1.09. The third kappa shape index (κ3) is 1.72. The summed E-state index contributed by atoms with van der Waals surface area (Å²) in [6, 6.07) is 0. The van der Waals surface area contributed by atoms with E-state index in [1.54, 1.807) is 6.92 Å². The Morgan fingerprint density at radius 3 is 2.83 bits per heavy atom. The number of hydrogen-bond acceptors (Lipinski definition) is 3. The van der Waals surface area contributed by atoms with Crippen LogP contribution in [0.15, 0.2) is 0 Å². The average Bonchev–Trinajstić information content (AvgIpc) is 2.65. The second kappa shape index (κ2) is 3.62. The van der Waals surface area contributed by atoms with Crippen molar-refractivity contribution in [2.75, 3.05) is 6.61 Å². The minimum Gasteiger partial charge on any atom is -0.463 e. The molecular weight excluding hydrogens is 180 g/mol. The van der Waals surface area contributed by atoms with E-state index in [0.717, 1.165) is 12.8 Å². The molecule has 1 aliphatic heterocycles. The maximum atomic E-state index is 11.1. The molecular formula is C8H13ClO3. The Hall–Kier alpha value is -0.280. The molecule has 0 amide bonds. The predicted molar refractivity (Wildman–Crippen MR) is 45.0 cm³/mol. The van der Waals surface area contributed by atoms with Crippen molar-refractivity contribution in [3.63, 3.8) is 0 Å². The molecule has 1 aliphatic rings. The molecule has 0 spiro atoms. The van der Waals surface area contributed by atoms with Crippen molar-refractivity contribution in [2.24, 2.45) is 0 Å². The first-order valence-electron chi connectivity index (χ1n) is 4.19. The SMILES string of the molecule is CCCC1OC1(Cl)C(=O)OCC. The van der Waals surface area contributed by atoms with Crippen LogP contribution in [0.3, 0.4) is 0 Å². The van der Waals surface area contributed by atoms with Crippen molar-refractivity contribution < 1.29 is 14.3 Å². The minimum absolute atomic E-state index is 0.150. The van der Waals surface area contributed by atoms with Gasteiger partial charge in [0.25, 0.3) is 5.06 Å². The van der Waals surface area contributed by atoms with E-state index in [1.807, 2.05) is 6.92 Å². The highest BCUT2D eigenvalue weighted by atomic mass is 35.5. The van der Waals surface area contributed by atoms with E-state index < -0.39 is 11.0 Å². The van der Waals surface area contributed by atoms with Gasteiger partial charge in [0, 0.05) is 0 Å². The van der Waals surface area contributed by atoms with Crippen molar-refractivity contribution in [3.8, 4) is 0 Å². The largest absolute Gasteiger partial charge is 0.463 e. The first-order chi connectivity index (χ1) is 5.65. The van der Waals surface area contributed by atoms with Gasteiger partial charge in [0.05, 0.1) is 6.61 Å². The van der Waals surface area contributed by atoms with Crippen LogP contribution in [0.1, 0.15) is 26.7 Å². The number of halogens is 1. The van der Waals surface area contributed by atoms with E-state index in [0.29, 0.717) is 6.61 Å². The van der Waals surface area contributed by atoms with Gasteiger partial charge in [-0.1, -0.05) is 24.9 Å². The zero-order chi connectivity index (χ0) is 9.19. The van der Waals surface area contributed by atoms with Crippen LogP contribution in [0.4, 0.5) is 0 Å². The van der Waals surface area contributed by atoms with Crippen LogP contribution in [0, 0.1) is 0 Å². The summed E-state index contributed by atoms with van der Waals surface area (Å²) in [5.41, 5.74) is 0. The Labute approximate surface area is 77.0 Å². The first kappa shape index (κ1) is 9.81. The quantitative estimate of drug-likeness (QED) is 0.387. The van der Waals surface area contributed by atoms with Gasteiger partial charge in [-0.15, -0.1) is 0 Å². The number of alkyl halides is 1. The topological polar surface area (TPSA) is 38.8 Å². The zero-order valence-corrected chi connectivity index (χ0v) is 8.06. The summed E-state index contributed by atoms with van der Waals surface area (Å²) < 4.78 is 9.80. The molecule has 2 atom stereocenters. The molecule has 0 radical (unpaired) electrons. The molecule has 12 heavy (non-hydrogen) atoms. The lowest BCUT2D eigenvalue weighted by Crippen LogP contribution is -2.23. The van der Waals surface area contributed by atoms with E-state index in [1.165, 1.54) is 0 Å². The van der Waals surface area contributed by atoms with Gasteiger partial charge >= 0.3 is 5.97 Å². The molecule has 1 rings (SSSR count). The summed E-state index contributed by atoms with van der Waals surface area (Å²) in [6.07, 6.45) is 1.61. The molecule has 0 aromatic rings. The number of esters is 1. The van der Waals surface area contributed by atoms with Gasteiger partial charge in [0.2, 0.25) is 0 Å². The highest BCUT2D eigenvalue weighted by molar-refractivity contribution is 6.35.